The first-order valence-corrected chi connectivity index (χ1v) is 8.79. The van der Waals surface area contributed by atoms with E-state index < -0.39 is 29.1 Å². The lowest BCUT2D eigenvalue weighted by Crippen LogP contribution is -2.10. The van der Waals surface area contributed by atoms with Crippen LogP contribution in [0.25, 0.3) is 10.8 Å². The Morgan fingerprint density at radius 3 is 2.37 bits per heavy atom. The van der Waals surface area contributed by atoms with Gasteiger partial charge in [-0.25, -0.2) is 13.2 Å². The molecular weight excluding hydrogens is 379 g/mol. The zero-order valence-electron chi connectivity index (χ0n) is 14.4. The molecule has 2 aromatic carbocycles. The monoisotopic (exact) mass is 395 g/mol. The highest BCUT2D eigenvalue weighted by Crippen LogP contribution is 2.31. The Balaban J connectivity index is 1.83. The Kier molecular flexibility index (Phi) is 5.58. The van der Waals surface area contributed by atoms with Crippen LogP contribution in [0, 0.1) is 17.5 Å². The summed E-state index contributed by atoms with van der Waals surface area (Å²) in [4.78, 5) is 14.4. The van der Waals surface area contributed by atoms with Crippen LogP contribution >= 0.6 is 11.6 Å². The molecule has 0 bridgehead atoms. The lowest BCUT2D eigenvalue weighted by atomic mass is 9.91. The van der Waals surface area contributed by atoms with Gasteiger partial charge in [-0.2, -0.15) is 0 Å². The zero-order valence-corrected chi connectivity index (χ0v) is 15.2. The number of benzene rings is 2. The van der Waals surface area contributed by atoms with Crippen LogP contribution in [0.5, 0.6) is 0 Å². The quantitative estimate of drug-likeness (QED) is 0.622. The minimum absolute atomic E-state index is 0.0660. The van der Waals surface area contributed by atoms with Crippen molar-refractivity contribution in [2.45, 2.75) is 31.8 Å². The van der Waals surface area contributed by atoms with Crippen LogP contribution in [-0.4, -0.2) is 10.1 Å². The molecular formula is C20H17ClF3NO2. The lowest BCUT2D eigenvalue weighted by molar-refractivity contribution is 0.162. The maximum absolute atomic E-state index is 13.7. The number of nitrogens with one attached hydrogen (secondary N) is 1. The van der Waals surface area contributed by atoms with E-state index in [0.29, 0.717) is 29.4 Å². The molecule has 2 unspecified atom stereocenters. The largest absolute Gasteiger partial charge is 0.388 e. The first kappa shape index (κ1) is 19.5. The van der Waals surface area contributed by atoms with Crippen LogP contribution in [-0.2, 0) is 0 Å². The van der Waals surface area contributed by atoms with Crippen LogP contribution in [0.1, 0.15) is 42.9 Å². The number of pyridine rings is 1. The van der Waals surface area contributed by atoms with Gasteiger partial charge in [-0.15, -0.1) is 0 Å². The van der Waals surface area contributed by atoms with E-state index in [4.69, 9.17) is 11.6 Å². The molecule has 0 fully saturated rings. The number of aromatic nitrogens is 1. The molecule has 3 rings (SSSR count). The van der Waals surface area contributed by atoms with Gasteiger partial charge in [0, 0.05) is 6.20 Å². The normalized spacial score (nSPS) is 13.7. The molecule has 1 heterocycles. The number of hydrogen-bond donors (Lipinski definition) is 2. The third-order valence-corrected chi connectivity index (χ3v) is 5.00. The van der Waals surface area contributed by atoms with Gasteiger partial charge in [0.1, 0.15) is 5.82 Å². The van der Waals surface area contributed by atoms with Gasteiger partial charge in [0.25, 0.3) is 5.56 Å². The number of fused-ring (bicyclic) bond motifs is 1. The summed E-state index contributed by atoms with van der Waals surface area (Å²) in [6.07, 6.45) is 1.46. The SMILES string of the molecule is CC(CCC(O)c1ccc(F)c(Cl)c1)c1c[nH]c(=O)c2cc(F)c(F)cc12. The Bertz CT molecular complexity index is 1050. The molecule has 0 aliphatic rings. The first-order chi connectivity index (χ1) is 12.8. The number of rotatable bonds is 5. The standard InChI is InChI=1S/C20H17ClF3NO2/c1-10(2-5-19(26)11-3-4-16(22)15(21)6-11)14-9-25-20(27)13-8-18(24)17(23)7-12(13)14/h3-4,6-10,19,26H,2,5H2,1H3,(H,25,27). The van der Waals surface area contributed by atoms with Gasteiger partial charge in [0.15, 0.2) is 11.6 Å². The van der Waals surface area contributed by atoms with E-state index in [1.54, 1.807) is 0 Å². The Morgan fingerprint density at radius 2 is 1.70 bits per heavy atom. The van der Waals surface area contributed by atoms with Crippen molar-refractivity contribution in [2.24, 2.45) is 0 Å². The van der Waals surface area contributed by atoms with Gasteiger partial charge in [-0.3, -0.25) is 4.79 Å². The van der Waals surface area contributed by atoms with E-state index in [0.717, 1.165) is 12.1 Å². The van der Waals surface area contributed by atoms with Crippen molar-refractivity contribution < 1.29 is 18.3 Å². The van der Waals surface area contributed by atoms with E-state index in [9.17, 15) is 23.1 Å². The van der Waals surface area contributed by atoms with E-state index in [2.05, 4.69) is 4.98 Å². The topological polar surface area (TPSA) is 53.1 Å². The molecule has 3 aromatic rings. The van der Waals surface area contributed by atoms with Crippen LogP contribution in [0.3, 0.4) is 0 Å². The number of aliphatic hydroxyl groups excluding tert-OH is 1. The van der Waals surface area contributed by atoms with Crippen molar-refractivity contribution in [3.63, 3.8) is 0 Å². The number of hydrogen-bond acceptors (Lipinski definition) is 2. The fourth-order valence-corrected chi connectivity index (χ4v) is 3.32. The van der Waals surface area contributed by atoms with E-state index in [-0.39, 0.29) is 16.3 Å². The smallest absolute Gasteiger partial charge is 0.255 e. The summed E-state index contributed by atoms with van der Waals surface area (Å²) >= 11 is 5.74. The summed E-state index contributed by atoms with van der Waals surface area (Å²) in [7, 11) is 0. The van der Waals surface area contributed by atoms with Gasteiger partial charge in [-0.05, 0) is 59.5 Å². The molecule has 0 spiro atoms. The number of aromatic amines is 1. The van der Waals surface area contributed by atoms with Crippen molar-refractivity contribution >= 4 is 22.4 Å². The highest BCUT2D eigenvalue weighted by Gasteiger charge is 2.17. The van der Waals surface area contributed by atoms with Gasteiger partial charge >= 0.3 is 0 Å². The van der Waals surface area contributed by atoms with E-state index in [1.807, 2.05) is 6.92 Å². The average molecular weight is 396 g/mol. The third kappa shape index (κ3) is 4.01. The van der Waals surface area contributed by atoms with Gasteiger partial charge in [-0.1, -0.05) is 24.6 Å². The van der Waals surface area contributed by atoms with E-state index in [1.165, 1.54) is 24.4 Å². The lowest BCUT2D eigenvalue weighted by Gasteiger charge is -2.17. The van der Waals surface area contributed by atoms with Crippen LogP contribution < -0.4 is 5.56 Å². The summed E-state index contributed by atoms with van der Waals surface area (Å²) in [5.74, 6) is -2.82. The Hall–Kier alpha value is -2.31. The van der Waals surface area contributed by atoms with Crippen molar-refractivity contribution in [3.8, 4) is 0 Å². The fraction of sp³-hybridized carbons (Fsp3) is 0.250. The molecule has 2 atom stereocenters. The predicted octanol–water partition coefficient (Wildman–Crippen LogP) is 5.22. The van der Waals surface area contributed by atoms with Crippen molar-refractivity contribution in [1.29, 1.82) is 0 Å². The maximum Gasteiger partial charge on any atom is 0.255 e. The van der Waals surface area contributed by atoms with Crippen LogP contribution in [0.15, 0.2) is 41.3 Å². The molecule has 3 nitrogen and oxygen atoms in total. The average Bonchev–Trinajstić information content (AvgIpc) is 2.63. The Labute approximate surface area is 158 Å². The molecule has 2 N–H and O–H groups in total. The molecule has 142 valence electrons. The second-order valence-corrected chi connectivity index (χ2v) is 6.96. The summed E-state index contributed by atoms with van der Waals surface area (Å²) in [6.45, 7) is 1.86. The number of aliphatic hydroxyl groups is 1. The molecule has 0 saturated heterocycles. The molecule has 0 aliphatic heterocycles. The minimum Gasteiger partial charge on any atom is -0.388 e. The number of H-pyrrole nitrogens is 1. The molecule has 0 radical (unpaired) electrons. The second kappa shape index (κ2) is 7.74. The highest BCUT2D eigenvalue weighted by molar-refractivity contribution is 6.30. The molecule has 0 saturated carbocycles. The summed E-state index contributed by atoms with van der Waals surface area (Å²) < 4.78 is 40.4. The van der Waals surface area contributed by atoms with Crippen LogP contribution in [0.4, 0.5) is 13.2 Å². The summed E-state index contributed by atoms with van der Waals surface area (Å²) in [6, 6.07) is 5.93. The predicted molar refractivity (Wildman–Crippen MR) is 98.5 cm³/mol. The van der Waals surface area contributed by atoms with Crippen molar-refractivity contribution in [2.75, 3.05) is 0 Å². The van der Waals surface area contributed by atoms with Gasteiger partial charge < -0.3 is 10.1 Å². The summed E-state index contributed by atoms with van der Waals surface area (Å²) in [5.41, 5.74) is 0.640. The van der Waals surface area contributed by atoms with Gasteiger partial charge in [0.05, 0.1) is 16.5 Å². The second-order valence-electron chi connectivity index (χ2n) is 6.55. The molecule has 27 heavy (non-hydrogen) atoms. The molecule has 0 amide bonds. The van der Waals surface area contributed by atoms with Crippen LogP contribution in [0.2, 0.25) is 5.02 Å². The fourth-order valence-electron chi connectivity index (χ4n) is 3.13. The first-order valence-electron chi connectivity index (χ1n) is 8.41. The molecule has 0 aliphatic carbocycles. The third-order valence-electron chi connectivity index (χ3n) is 4.71. The molecule has 7 heteroatoms. The Morgan fingerprint density at radius 1 is 1.04 bits per heavy atom. The van der Waals surface area contributed by atoms with Crippen molar-refractivity contribution in [3.05, 3.63) is 80.5 Å². The molecule has 1 aromatic heterocycles. The van der Waals surface area contributed by atoms with Gasteiger partial charge in [0.2, 0.25) is 0 Å². The minimum atomic E-state index is -1.08. The number of halogens is 4. The van der Waals surface area contributed by atoms with E-state index >= 15 is 0 Å². The summed E-state index contributed by atoms with van der Waals surface area (Å²) in [5, 5.41) is 10.7. The zero-order chi connectivity index (χ0) is 19.7. The maximum atomic E-state index is 13.7. The van der Waals surface area contributed by atoms with Crippen molar-refractivity contribution in [1.82, 2.24) is 4.98 Å². The highest BCUT2D eigenvalue weighted by atomic mass is 35.5.